The van der Waals surface area contributed by atoms with Crippen LogP contribution in [0.15, 0.2) is 36.4 Å². The third kappa shape index (κ3) is 2.21. The summed E-state index contributed by atoms with van der Waals surface area (Å²) in [5.41, 5.74) is 1.72. The van der Waals surface area contributed by atoms with Crippen molar-refractivity contribution in [1.82, 2.24) is 10.4 Å². The first-order valence-corrected chi connectivity index (χ1v) is 6.83. The fourth-order valence-corrected chi connectivity index (χ4v) is 2.38. The maximum absolute atomic E-state index is 12.4. The van der Waals surface area contributed by atoms with E-state index in [9.17, 15) is 24.6 Å². The lowest BCUT2D eigenvalue weighted by molar-refractivity contribution is 0.0516. The molecule has 8 nitrogen and oxygen atoms in total. The minimum Gasteiger partial charge on any atom is -0.507 e. The van der Waals surface area contributed by atoms with Gasteiger partial charge in [0.05, 0.1) is 18.2 Å². The van der Waals surface area contributed by atoms with Gasteiger partial charge in [-0.25, -0.2) is 0 Å². The van der Waals surface area contributed by atoms with E-state index in [1.807, 2.05) is 0 Å². The second-order valence-electron chi connectivity index (χ2n) is 4.94. The zero-order chi connectivity index (χ0) is 17.4. The molecule has 122 valence electrons. The molecule has 0 aliphatic carbocycles. The van der Waals surface area contributed by atoms with Gasteiger partial charge in [-0.1, -0.05) is 12.1 Å². The van der Waals surface area contributed by atoms with E-state index < -0.39 is 23.5 Å². The van der Waals surface area contributed by atoms with Crippen LogP contribution in [0.2, 0.25) is 0 Å². The number of amides is 3. The highest BCUT2D eigenvalue weighted by atomic mass is 16.5. The number of phenolic OH excluding ortho intramolecular Hbond substituents is 2. The van der Waals surface area contributed by atoms with Crippen molar-refractivity contribution < 1.29 is 29.3 Å². The molecule has 0 bridgehead atoms. The van der Waals surface area contributed by atoms with Gasteiger partial charge in [-0.05, 0) is 24.3 Å². The molecular weight excluding hydrogens is 316 g/mol. The number of hydrazine groups is 1. The fourth-order valence-electron chi connectivity index (χ4n) is 2.38. The van der Waals surface area contributed by atoms with Gasteiger partial charge in [-0.2, -0.15) is 5.01 Å². The van der Waals surface area contributed by atoms with Crippen LogP contribution in [-0.4, -0.2) is 40.1 Å². The molecule has 2 aromatic rings. The lowest BCUT2D eigenvalue weighted by Crippen LogP contribution is -2.45. The summed E-state index contributed by atoms with van der Waals surface area (Å²) in [5, 5.41) is 20.2. The summed E-state index contributed by atoms with van der Waals surface area (Å²) < 4.78 is 4.90. The summed E-state index contributed by atoms with van der Waals surface area (Å²) in [6.45, 7) is 0. The SMILES string of the molecule is COc1ccc2c(c1O)C(=O)N(NC(=O)c1ccccc1O)C2=O. The Morgan fingerprint density at radius 3 is 2.46 bits per heavy atom. The molecule has 3 N–H and O–H groups in total. The minimum atomic E-state index is -0.893. The number of hydrogen-bond acceptors (Lipinski definition) is 6. The van der Waals surface area contributed by atoms with Crippen LogP contribution in [-0.2, 0) is 0 Å². The predicted molar refractivity (Wildman–Crippen MR) is 80.7 cm³/mol. The van der Waals surface area contributed by atoms with Crippen molar-refractivity contribution in [3.63, 3.8) is 0 Å². The average molecular weight is 328 g/mol. The number of para-hydroxylation sites is 1. The molecule has 0 aromatic heterocycles. The van der Waals surface area contributed by atoms with Gasteiger partial charge in [0.2, 0.25) is 0 Å². The van der Waals surface area contributed by atoms with E-state index in [1.54, 1.807) is 0 Å². The van der Waals surface area contributed by atoms with Crippen LogP contribution in [0.3, 0.4) is 0 Å². The van der Waals surface area contributed by atoms with Crippen LogP contribution in [0.4, 0.5) is 0 Å². The van der Waals surface area contributed by atoms with E-state index in [0.29, 0.717) is 5.01 Å². The van der Waals surface area contributed by atoms with Crippen LogP contribution in [0.1, 0.15) is 31.1 Å². The molecule has 1 heterocycles. The van der Waals surface area contributed by atoms with Gasteiger partial charge in [0.15, 0.2) is 11.5 Å². The van der Waals surface area contributed by atoms with E-state index in [-0.39, 0.29) is 28.2 Å². The molecule has 0 spiro atoms. The second kappa shape index (κ2) is 5.58. The first kappa shape index (κ1) is 15.3. The normalized spacial score (nSPS) is 13.0. The van der Waals surface area contributed by atoms with Crippen LogP contribution < -0.4 is 10.2 Å². The molecule has 0 fully saturated rings. The van der Waals surface area contributed by atoms with Crippen molar-refractivity contribution in [2.75, 3.05) is 7.11 Å². The molecule has 0 saturated carbocycles. The van der Waals surface area contributed by atoms with Gasteiger partial charge in [-0.3, -0.25) is 19.8 Å². The molecule has 2 aromatic carbocycles. The van der Waals surface area contributed by atoms with Crippen molar-refractivity contribution in [3.05, 3.63) is 53.1 Å². The quantitative estimate of drug-likeness (QED) is 0.725. The van der Waals surface area contributed by atoms with E-state index in [2.05, 4.69) is 5.43 Å². The molecule has 1 aliphatic heterocycles. The predicted octanol–water partition coefficient (Wildman–Crippen LogP) is 1.05. The molecule has 0 saturated heterocycles. The Bertz CT molecular complexity index is 877. The number of hydrogen-bond donors (Lipinski definition) is 3. The third-order valence-electron chi connectivity index (χ3n) is 3.57. The average Bonchev–Trinajstić information content (AvgIpc) is 2.81. The first-order valence-electron chi connectivity index (χ1n) is 6.83. The highest BCUT2D eigenvalue weighted by Crippen LogP contribution is 2.36. The number of nitrogens with one attached hydrogen (secondary N) is 1. The fraction of sp³-hybridized carbons (Fsp3) is 0.0625. The number of methoxy groups -OCH3 is 1. The molecule has 8 heteroatoms. The van der Waals surface area contributed by atoms with E-state index >= 15 is 0 Å². The molecule has 3 amide bonds. The van der Waals surface area contributed by atoms with Crippen molar-refractivity contribution in [2.24, 2.45) is 0 Å². The van der Waals surface area contributed by atoms with Crippen molar-refractivity contribution in [1.29, 1.82) is 0 Å². The lowest BCUT2D eigenvalue weighted by Gasteiger charge is -2.15. The number of phenols is 2. The van der Waals surface area contributed by atoms with Crippen LogP contribution in [0.25, 0.3) is 0 Å². The summed E-state index contributed by atoms with van der Waals surface area (Å²) in [6.07, 6.45) is 0. The zero-order valence-electron chi connectivity index (χ0n) is 12.4. The van der Waals surface area contributed by atoms with Crippen LogP contribution in [0, 0.1) is 0 Å². The van der Waals surface area contributed by atoms with E-state index in [1.165, 1.54) is 43.5 Å². The summed E-state index contributed by atoms with van der Waals surface area (Å²) >= 11 is 0. The number of nitrogens with zero attached hydrogens (tertiary/aromatic N) is 1. The Balaban J connectivity index is 1.93. The van der Waals surface area contributed by atoms with Crippen LogP contribution >= 0.6 is 0 Å². The molecular formula is C16H12N2O6. The smallest absolute Gasteiger partial charge is 0.284 e. The molecule has 24 heavy (non-hydrogen) atoms. The Hall–Kier alpha value is -3.55. The number of fused-ring (bicyclic) bond motifs is 1. The molecule has 0 radical (unpaired) electrons. The Morgan fingerprint density at radius 2 is 1.79 bits per heavy atom. The Morgan fingerprint density at radius 1 is 1.08 bits per heavy atom. The zero-order valence-corrected chi connectivity index (χ0v) is 12.4. The number of ether oxygens (including phenoxy) is 1. The lowest BCUT2D eigenvalue weighted by atomic mass is 10.1. The summed E-state index contributed by atoms with van der Waals surface area (Å²) in [7, 11) is 1.31. The Labute approximate surface area is 135 Å². The second-order valence-corrected chi connectivity index (χ2v) is 4.94. The van der Waals surface area contributed by atoms with E-state index in [4.69, 9.17) is 4.74 Å². The van der Waals surface area contributed by atoms with Gasteiger partial charge in [0.25, 0.3) is 17.7 Å². The van der Waals surface area contributed by atoms with Gasteiger partial charge in [-0.15, -0.1) is 0 Å². The largest absolute Gasteiger partial charge is 0.507 e. The number of carbonyl (C=O) groups excluding carboxylic acids is 3. The van der Waals surface area contributed by atoms with Crippen molar-refractivity contribution in [2.45, 2.75) is 0 Å². The molecule has 0 unspecified atom stereocenters. The van der Waals surface area contributed by atoms with Gasteiger partial charge >= 0.3 is 0 Å². The molecule has 0 atom stereocenters. The number of benzene rings is 2. The number of aromatic hydroxyl groups is 2. The highest BCUT2D eigenvalue weighted by Gasteiger charge is 2.40. The first-order chi connectivity index (χ1) is 11.5. The summed E-state index contributed by atoms with van der Waals surface area (Å²) in [4.78, 5) is 36.8. The molecule has 1 aliphatic rings. The third-order valence-corrected chi connectivity index (χ3v) is 3.57. The Kier molecular flexibility index (Phi) is 3.57. The van der Waals surface area contributed by atoms with Crippen LogP contribution in [0.5, 0.6) is 17.2 Å². The van der Waals surface area contributed by atoms with Crippen molar-refractivity contribution >= 4 is 17.7 Å². The highest BCUT2D eigenvalue weighted by molar-refractivity contribution is 6.23. The molecule has 3 rings (SSSR count). The van der Waals surface area contributed by atoms with E-state index in [0.717, 1.165) is 0 Å². The number of carbonyl (C=O) groups is 3. The monoisotopic (exact) mass is 328 g/mol. The summed E-state index contributed by atoms with van der Waals surface area (Å²) in [5.74, 6) is -3.27. The summed E-state index contributed by atoms with van der Waals surface area (Å²) in [6, 6.07) is 8.34. The minimum absolute atomic E-state index is 0.0313. The maximum atomic E-state index is 12.4. The standard InChI is InChI=1S/C16H12N2O6/c1-24-11-7-6-9-12(13(11)20)16(23)18(15(9)22)17-14(21)8-4-2-3-5-10(8)19/h2-7,19-20H,1H3,(H,17,21). The number of rotatable bonds is 3. The number of imide groups is 1. The van der Waals surface area contributed by atoms with Gasteiger partial charge < -0.3 is 14.9 Å². The van der Waals surface area contributed by atoms with Gasteiger partial charge in [0, 0.05) is 0 Å². The van der Waals surface area contributed by atoms with Gasteiger partial charge in [0.1, 0.15) is 11.3 Å². The van der Waals surface area contributed by atoms with Crippen molar-refractivity contribution in [3.8, 4) is 17.2 Å². The topological polar surface area (TPSA) is 116 Å². The maximum Gasteiger partial charge on any atom is 0.284 e.